The highest BCUT2D eigenvalue weighted by atomic mass is 16.5. The minimum atomic E-state index is -0.500. The van der Waals surface area contributed by atoms with Crippen LogP contribution in [0.2, 0.25) is 0 Å². The predicted octanol–water partition coefficient (Wildman–Crippen LogP) is 3.69. The van der Waals surface area contributed by atoms with Gasteiger partial charge in [0.2, 0.25) is 5.95 Å². The maximum absolute atomic E-state index is 12.0. The van der Waals surface area contributed by atoms with Gasteiger partial charge in [-0.25, -0.2) is 14.6 Å². The van der Waals surface area contributed by atoms with Gasteiger partial charge in [-0.1, -0.05) is 6.07 Å². The third-order valence-electron chi connectivity index (χ3n) is 4.97. The number of H-pyrrole nitrogens is 1. The monoisotopic (exact) mass is 403 g/mol. The van der Waals surface area contributed by atoms with E-state index in [0.29, 0.717) is 28.4 Å². The van der Waals surface area contributed by atoms with Crippen molar-refractivity contribution in [3.05, 3.63) is 69.3 Å². The Morgan fingerprint density at radius 3 is 2.80 bits per heavy atom. The van der Waals surface area contributed by atoms with Crippen molar-refractivity contribution in [2.75, 3.05) is 10.6 Å². The van der Waals surface area contributed by atoms with Crippen LogP contribution < -0.4 is 16.4 Å². The molecule has 0 atom stereocenters. The van der Waals surface area contributed by atoms with E-state index in [1.165, 1.54) is 0 Å². The molecule has 0 bridgehead atoms. The number of rotatable bonds is 4. The molecule has 150 valence electrons. The smallest absolute Gasteiger partial charge is 0.417 e. The highest BCUT2D eigenvalue weighted by Crippen LogP contribution is 2.32. The highest BCUT2D eigenvalue weighted by Gasteiger charge is 2.26. The fourth-order valence-corrected chi connectivity index (χ4v) is 3.44. The molecule has 2 aromatic carbocycles. The molecule has 0 amide bonds. The maximum Gasteiger partial charge on any atom is 0.417 e. The van der Waals surface area contributed by atoms with E-state index >= 15 is 0 Å². The van der Waals surface area contributed by atoms with Crippen LogP contribution in [-0.4, -0.2) is 20.9 Å². The van der Waals surface area contributed by atoms with E-state index in [1.807, 2.05) is 26.0 Å². The van der Waals surface area contributed by atoms with Gasteiger partial charge in [-0.15, -0.1) is 0 Å². The summed E-state index contributed by atoms with van der Waals surface area (Å²) in [5.41, 5.74) is 5.65. The second-order valence-corrected chi connectivity index (χ2v) is 7.06. The highest BCUT2D eigenvalue weighted by molar-refractivity contribution is 5.97. The van der Waals surface area contributed by atoms with Crippen LogP contribution in [0.15, 0.2) is 45.7 Å². The van der Waals surface area contributed by atoms with Gasteiger partial charge in [0.15, 0.2) is 5.58 Å². The van der Waals surface area contributed by atoms with Crippen molar-refractivity contribution in [2.45, 2.75) is 20.5 Å². The van der Waals surface area contributed by atoms with Crippen molar-refractivity contribution in [1.29, 1.82) is 0 Å². The molecule has 0 aliphatic carbocycles. The molecular formula is C21H17N5O4. The number of cyclic esters (lactones) is 1. The Bertz CT molecular complexity index is 1370. The zero-order valence-electron chi connectivity index (χ0n) is 16.2. The quantitative estimate of drug-likeness (QED) is 0.441. The van der Waals surface area contributed by atoms with Crippen LogP contribution >= 0.6 is 0 Å². The van der Waals surface area contributed by atoms with Crippen LogP contribution in [0.5, 0.6) is 0 Å². The number of carbonyl (C=O) groups excluding carboxylic acids is 1. The van der Waals surface area contributed by atoms with Crippen molar-refractivity contribution < 1.29 is 13.9 Å². The maximum atomic E-state index is 12.0. The van der Waals surface area contributed by atoms with Gasteiger partial charge in [0.05, 0.1) is 11.1 Å². The van der Waals surface area contributed by atoms with Crippen LogP contribution in [0.1, 0.15) is 27.0 Å². The fraction of sp³-hybridized carbons (Fsp3) is 0.143. The molecule has 30 heavy (non-hydrogen) atoms. The Labute approximate surface area is 170 Å². The number of benzene rings is 2. The van der Waals surface area contributed by atoms with Crippen LogP contribution in [0.3, 0.4) is 0 Å². The summed E-state index contributed by atoms with van der Waals surface area (Å²) in [6.07, 6.45) is 1.70. The van der Waals surface area contributed by atoms with Crippen LogP contribution in [0, 0.1) is 13.8 Å². The molecule has 0 unspecified atom stereocenters. The van der Waals surface area contributed by atoms with E-state index in [0.717, 1.165) is 28.1 Å². The Kier molecular flexibility index (Phi) is 4.02. The van der Waals surface area contributed by atoms with Crippen molar-refractivity contribution in [1.82, 2.24) is 15.0 Å². The lowest BCUT2D eigenvalue weighted by molar-refractivity contribution is 0.0535. The summed E-state index contributed by atoms with van der Waals surface area (Å²) in [6.45, 7) is 3.99. The van der Waals surface area contributed by atoms with E-state index in [2.05, 4.69) is 25.6 Å². The van der Waals surface area contributed by atoms with Gasteiger partial charge in [0.25, 0.3) is 0 Å². The molecule has 1 aliphatic rings. The van der Waals surface area contributed by atoms with Gasteiger partial charge >= 0.3 is 11.7 Å². The molecule has 3 heterocycles. The number of oxazole rings is 1. The number of hydrogen-bond acceptors (Lipinski definition) is 8. The average molecular weight is 403 g/mol. The minimum Gasteiger partial charge on any atom is -0.457 e. The second kappa shape index (κ2) is 6.73. The minimum absolute atomic E-state index is 0.220. The molecular weight excluding hydrogens is 386 g/mol. The molecule has 0 saturated carbocycles. The third kappa shape index (κ3) is 3.06. The first-order valence-electron chi connectivity index (χ1n) is 9.28. The number of aromatic nitrogens is 3. The summed E-state index contributed by atoms with van der Waals surface area (Å²) in [6, 6.07) is 9.02. The SMILES string of the molecule is Cc1cnc(Nc2ccc(C)c3c2COC3=O)nc1Nc1ccc2oc(=O)[nH]c2c1. The number of esters is 1. The van der Waals surface area contributed by atoms with Gasteiger partial charge in [0, 0.05) is 28.7 Å². The van der Waals surface area contributed by atoms with Gasteiger partial charge in [-0.2, -0.15) is 4.98 Å². The predicted molar refractivity (Wildman–Crippen MR) is 110 cm³/mol. The normalized spacial score (nSPS) is 12.7. The molecule has 0 fully saturated rings. The van der Waals surface area contributed by atoms with Crippen LogP contribution in [0.25, 0.3) is 11.1 Å². The summed E-state index contributed by atoms with van der Waals surface area (Å²) < 4.78 is 10.2. The van der Waals surface area contributed by atoms with Crippen LogP contribution in [0.4, 0.5) is 23.1 Å². The Morgan fingerprint density at radius 1 is 1.07 bits per heavy atom. The zero-order valence-corrected chi connectivity index (χ0v) is 16.2. The number of anilines is 4. The number of fused-ring (bicyclic) bond motifs is 2. The third-order valence-corrected chi connectivity index (χ3v) is 4.97. The van der Waals surface area contributed by atoms with E-state index < -0.39 is 5.76 Å². The van der Waals surface area contributed by atoms with Gasteiger partial charge < -0.3 is 19.8 Å². The van der Waals surface area contributed by atoms with E-state index in [4.69, 9.17) is 9.15 Å². The number of nitrogens with one attached hydrogen (secondary N) is 3. The largest absolute Gasteiger partial charge is 0.457 e. The Hall–Kier alpha value is -4.14. The van der Waals surface area contributed by atoms with Crippen molar-refractivity contribution >= 4 is 40.2 Å². The van der Waals surface area contributed by atoms with Crippen LogP contribution in [-0.2, 0) is 11.3 Å². The number of carbonyl (C=O) groups is 1. The number of nitrogens with zero attached hydrogens (tertiary/aromatic N) is 2. The van der Waals surface area contributed by atoms with Gasteiger partial charge in [-0.3, -0.25) is 4.98 Å². The molecule has 2 aromatic heterocycles. The average Bonchev–Trinajstić information content (AvgIpc) is 3.29. The second-order valence-electron chi connectivity index (χ2n) is 7.06. The molecule has 9 heteroatoms. The summed E-state index contributed by atoms with van der Waals surface area (Å²) in [5, 5.41) is 6.42. The molecule has 3 N–H and O–H groups in total. The lowest BCUT2D eigenvalue weighted by Crippen LogP contribution is -2.05. The standard InChI is InChI=1S/C21H17N5O4/c1-10-3-5-14(13-9-29-19(27)17(10)13)24-20-22-8-11(2)18(26-20)23-12-4-6-16-15(7-12)25-21(28)30-16/h3-8H,9H2,1-2H3,(H,25,28)(H2,22,23,24,26). The summed E-state index contributed by atoms with van der Waals surface area (Å²) in [5.74, 6) is 0.172. The Morgan fingerprint density at radius 2 is 1.93 bits per heavy atom. The van der Waals surface area contributed by atoms with Gasteiger partial charge in [-0.05, 0) is 43.7 Å². The summed E-state index contributed by atoms with van der Waals surface area (Å²) in [7, 11) is 0. The van der Waals surface area contributed by atoms with Crippen molar-refractivity contribution in [3.8, 4) is 0 Å². The van der Waals surface area contributed by atoms with Gasteiger partial charge in [0.1, 0.15) is 12.4 Å². The molecule has 0 saturated heterocycles. The number of aryl methyl sites for hydroxylation is 2. The van der Waals surface area contributed by atoms with E-state index in [-0.39, 0.29) is 12.6 Å². The number of aromatic amines is 1. The lowest BCUT2D eigenvalue weighted by Gasteiger charge is -2.13. The number of hydrogen-bond donors (Lipinski definition) is 3. The lowest BCUT2D eigenvalue weighted by atomic mass is 10.0. The molecule has 5 rings (SSSR count). The molecule has 0 spiro atoms. The van der Waals surface area contributed by atoms with Crippen molar-refractivity contribution in [3.63, 3.8) is 0 Å². The van der Waals surface area contributed by atoms with E-state index in [9.17, 15) is 9.59 Å². The first-order valence-corrected chi connectivity index (χ1v) is 9.28. The topological polar surface area (TPSA) is 122 Å². The first kappa shape index (κ1) is 17.9. The molecule has 0 radical (unpaired) electrons. The summed E-state index contributed by atoms with van der Waals surface area (Å²) in [4.78, 5) is 34.9. The van der Waals surface area contributed by atoms with Crippen molar-refractivity contribution in [2.24, 2.45) is 0 Å². The molecule has 1 aliphatic heterocycles. The van der Waals surface area contributed by atoms with E-state index in [1.54, 1.807) is 24.4 Å². The molecule has 9 nitrogen and oxygen atoms in total. The fourth-order valence-electron chi connectivity index (χ4n) is 3.44. The zero-order chi connectivity index (χ0) is 20.8. The first-order chi connectivity index (χ1) is 14.5. The molecule has 4 aromatic rings. The summed E-state index contributed by atoms with van der Waals surface area (Å²) >= 11 is 0. The number of ether oxygens (including phenoxy) is 1. The Balaban J connectivity index is 1.45.